The summed E-state index contributed by atoms with van der Waals surface area (Å²) in [7, 11) is -8.00. The lowest BCUT2D eigenvalue weighted by Gasteiger charge is -2.44. The molecule has 0 aromatic carbocycles. The van der Waals surface area contributed by atoms with Crippen LogP contribution in [0.1, 0.15) is 32.6 Å². The van der Waals surface area contributed by atoms with Gasteiger partial charge in [-0.1, -0.05) is 19.6 Å². The Hall–Kier alpha value is 0.370. The minimum absolute atomic E-state index is 0.179. The molecule has 1 aliphatic carbocycles. The Morgan fingerprint density at radius 3 is 2.07 bits per heavy atom. The SMILES string of the molecule is C=P(O)(C1CCC1)C(O)(CC)P(=O)(O)O. The molecule has 15 heavy (non-hydrogen) atoms. The maximum absolute atomic E-state index is 11.2. The molecule has 4 N–H and O–H groups in total. The van der Waals surface area contributed by atoms with Crippen LogP contribution in [0, 0.1) is 0 Å². The molecule has 0 aromatic heterocycles. The Kier molecular flexibility index (Phi) is 3.57. The van der Waals surface area contributed by atoms with Gasteiger partial charge in [0.1, 0.15) is 0 Å². The van der Waals surface area contributed by atoms with Gasteiger partial charge < -0.3 is 19.8 Å². The van der Waals surface area contributed by atoms with Crippen molar-refractivity contribution in [1.82, 2.24) is 0 Å². The third kappa shape index (κ3) is 1.97. The van der Waals surface area contributed by atoms with E-state index in [4.69, 9.17) is 9.79 Å². The van der Waals surface area contributed by atoms with Crippen molar-refractivity contribution in [2.45, 2.75) is 43.3 Å². The second kappa shape index (κ2) is 3.99. The van der Waals surface area contributed by atoms with Gasteiger partial charge >= 0.3 is 7.60 Å². The van der Waals surface area contributed by atoms with Crippen molar-refractivity contribution >= 4 is 21.0 Å². The summed E-state index contributed by atoms with van der Waals surface area (Å²) in [6.45, 7) is 1.45. The van der Waals surface area contributed by atoms with Crippen LogP contribution in [0.5, 0.6) is 0 Å². The predicted molar refractivity (Wildman–Crippen MR) is 61.2 cm³/mol. The van der Waals surface area contributed by atoms with E-state index in [9.17, 15) is 14.6 Å². The number of hydrogen-bond acceptors (Lipinski definition) is 3. The van der Waals surface area contributed by atoms with Crippen molar-refractivity contribution in [2.75, 3.05) is 0 Å². The van der Waals surface area contributed by atoms with Crippen LogP contribution in [0.3, 0.4) is 0 Å². The molecule has 0 aliphatic heterocycles. The van der Waals surface area contributed by atoms with Crippen LogP contribution in [0.2, 0.25) is 0 Å². The second-order valence-corrected chi connectivity index (χ2v) is 9.39. The van der Waals surface area contributed by atoms with Crippen molar-refractivity contribution in [3.63, 3.8) is 0 Å². The minimum atomic E-state index is -4.75. The van der Waals surface area contributed by atoms with Crippen molar-refractivity contribution in [2.24, 2.45) is 0 Å². The van der Waals surface area contributed by atoms with Crippen LogP contribution >= 0.6 is 14.7 Å². The van der Waals surface area contributed by atoms with Crippen LogP contribution in [0.15, 0.2) is 0 Å². The smallest absolute Gasteiger partial charge is 0.363 e. The van der Waals surface area contributed by atoms with E-state index in [2.05, 4.69) is 6.30 Å². The van der Waals surface area contributed by atoms with Gasteiger partial charge in [-0.3, -0.25) is 4.57 Å². The Bertz CT molecular complexity index is 332. The molecule has 7 heteroatoms. The van der Waals surface area contributed by atoms with E-state index in [1.54, 1.807) is 0 Å². The number of rotatable bonds is 4. The zero-order chi connectivity index (χ0) is 11.9. The van der Waals surface area contributed by atoms with Crippen molar-refractivity contribution in [1.29, 1.82) is 0 Å². The van der Waals surface area contributed by atoms with Gasteiger partial charge in [-0.05, 0) is 19.3 Å². The highest BCUT2D eigenvalue weighted by atomic mass is 31.2. The molecule has 1 rings (SSSR count). The Morgan fingerprint density at radius 2 is 1.87 bits per heavy atom. The lowest BCUT2D eigenvalue weighted by Crippen LogP contribution is -2.35. The van der Waals surface area contributed by atoms with Gasteiger partial charge in [0.25, 0.3) is 0 Å². The van der Waals surface area contributed by atoms with E-state index >= 15 is 0 Å². The molecular formula is C8H18O5P2. The summed E-state index contributed by atoms with van der Waals surface area (Å²) in [6, 6.07) is 0. The van der Waals surface area contributed by atoms with Crippen LogP contribution in [0.25, 0.3) is 0 Å². The molecule has 2 unspecified atom stereocenters. The van der Waals surface area contributed by atoms with E-state index in [1.807, 2.05) is 0 Å². The predicted octanol–water partition coefficient (Wildman–Crippen LogP) is 1.13. The first-order valence-electron chi connectivity index (χ1n) is 4.90. The summed E-state index contributed by atoms with van der Waals surface area (Å²) < 4.78 is 11.2. The summed E-state index contributed by atoms with van der Waals surface area (Å²) in [6.07, 6.45) is 5.65. The normalized spacial score (nSPS) is 26.5. The second-order valence-electron chi connectivity index (χ2n) is 4.08. The molecule has 0 radical (unpaired) electrons. The molecule has 0 amide bonds. The quantitative estimate of drug-likeness (QED) is 0.565. The van der Waals surface area contributed by atoms with E-state index in [1.165, 1.54) is 6.92 Å². The number of aliphatic hydroxyl groups is 1. The zero-order valence-corrected chi connectivity index (χ0v) is 10.5. The maximum atomic E-state index is 11.2. The summed E-state index contributed by atoms with van der Waals surface area (Å²) in [5.41, 5.74) is -0.227. The van der Waals surface area contributed by atoms with Gasteiger partial charge in [-0.15, -0.1) is 0 Å². The highest BCUT2D eigenvalue weighted by molar-refractivity contribution is 7.81. The van der Waals surface area contributed by atoms with E-state index in [0.29, 0.717) is 12.8 Å². The molecule has 5 nitrogen and oxygen atoms in total. The minimum Gasteiger partial charge on any atom is -0.373 e. The molecular weight excluding hydrogens is 238 g/mol. The summed E-state index contributed by atoms with van der Waals surface area (Å²) in [4.78, 5) is 28.4. The summed E-state index contributed by atoms with van der Waals surface area (Å²) in [5, 5.41) is 7.67. The maximum Gasteiger partial charge on any atom is 0.363 e. The highest BCUT2D eigenvalue weighted by Gasteiger charge is 2.56. The first-order chi connectivity index (χ1) is 6.67. The fourth-order valence-corrected chi connectivity index (χ4v) is 6.87. The molecule has 0 bridgehead atoms. The van der Waals surface area contributed by atoms with Crippen LogP contribution < -0.4 is 0 Å². The number of hydrogen-bond donors (Lipinski definition) is 4. The lowest BCUT2D eigenvalue weighted by atomic mass is 10.00. The van der Waals surface area contributed by atoms with Crippen molar-refractivity contribution < 1.29 is 24.4 Å². The Labute approximate surface area is 89.4 Å². The topological polar surface area (TPSA) is 98.0 Å². The van der Waals surface area contributed by atoms with E-state index < -0.39 is 19.8 Å². The largest absolute Gasteiger partial charge is 0.373 e. The van der Waals surface area contributed by atoms with Gasteiger partial charge in [0.05, 0.1) is 0 Å². The molecule has 2 atom stereocenters. The summed E-state index contributed by atoms with van der Waals surface area (Å²) >= 11 is 0. The first kappa shape index (κ1) is 13.4. The first-order valence-corrected chi connectivity index (χ1v) is 8.51. The van der Waals surface area contributed by atoms with Crippen LogP contribution in [-0.2, 0) is 4.57 Å². The van der Waals surface area contributed by atoms with Crippen LogP contribution in [0.4, 0.5) is 0 Å². The highest BCUT2D eigenvalue weighted by Crippen LogP contribution is 2.74. The van der Waals surface area contributed by atoms with Gasteiger partial charge in [0, 0.05) is 12.8 Å². The lowest BCUT2D eigenvalue weighted by molar-refractivity contribution is 0.151. The van der Waals surface area contributed by atoms with Gasteiger partial charge in [0.15, 0.2) is 0 Å². The van der Waals surface area contributed by atoms with Crippen molar-refractivity contribution in [3.8, 4) is 0 Å². The zero-order valence-electron chi connectivity index (χ0n) is 8.70. The molecule has 1 saturated carbocycles. The molecule has 1 fully saturated rings. The monoisotopic (exact) mass is 256 g/mol. The third-order valence-electron chi connectivity index (χ3n) is 3.24. The summed E-state index contributed by atoms with van der Waals surface area (Å²) in [5.74, 6) is 0. The van der Waals surface area contributed by atoms with Crippen molar-refractivity contribution in [3.05, 3.63) is 0 Å². The third-order valence-corrected chi connectivity index (χ3v) is 9.59. The van der Waals surface area contributed by atoms with Gasteiger partial charge in [0.2, 0.25) is 5.08 Å². The van der Waals surface area contributed by atoms with Gasteiger partial charge in [-0.2, -0.15) is 0 Å². The average molecular weight is 256 g/mol. The standard InChI is InChI=1S/C8H18O5P2/c1-3-8(9,15(11,12)13)14(2,10)7-5-4-6-7/h7,9-10H,2-6H2,1H3,(H2,11,12,13). The molecule has 0 heterocycles. The fourth-order valence-electron chi connectivity index (χ4n) is 1.81. The van der Waals surface area contributed by atoms with Crippen LogP contribution in [-0.4, -0.2) is 36.8 Å². The molecule has 0 spiro atoms. The molecule has 0 saturated heterocycles. The van der Waals surface area contributed by atoms with E-state index in [-0.39, 0.29) is 12.1 Å². The fraction of sp³-hybridized carbons (Fsp3) is 0.875. The molecule has 0 aromatic rings. The Morgan fingerprint density at radius 1 is 1.40 bits per heavy atom. The van der Waals surface area contributed by atoms with Gasteiger partial charge in [-0.25, -0.2) is 0 Å². The Balaban J connectivity index is 3.10. The molecule has 1 aliphatic rings. The average Bonchev–Trinajstić information content (AvgIpc) is 1.95. The molecule has 90 valence electrons. The van der Waals surface area contributed by atoms with E-state index in [0.717, 1.165) is 6.42 Å².